The Kier molecular flexibility index (Phi) is 2.61. The first kappa shape index (κ1) is 10.9. The van der Waals surface area contributed by atoms with Gasteiger partial charge in [-0.2, -0.15) is 0 Å². The predicted octanol–water partition coefficient (Wildman–Crippen LogP) is 2.94. The molecule has 0 radical (unpaired) electrons. The van der Waals surface area contributed by atoms with E-state index < -0.39 is 12.3 Å². The van der Waals surface area contributed by atoms with Gasteiger partial charge >= 0.3 is 5.97 Å². The largest absolute Gasteiger partial charge is 0.465 e. The van der Waals surface area contributed by atoms with Gasteiger partial charge in [0.2, 0.25) is 0 Å². The molecule has 98 valence electrons. The fourth-order valence-corrected chi connectivity index (χ4v) is 2.63. The van der Waals surface area contributed by atoms with Crippen molar-refractivity contribution >= 4 is 22.4 Å². The first-order valence-corrected chi connectivity index (χ1v) is 6.37. The Balaban J connectivity index is 2.23. The molecule has 1 saturated heterocycles. The van der Waals surface area contributed by atoms with E-state index in [1.807, 2.05) is 50.5 Å². The van der Waals surface area contributed by atoms with E-state index in [-0.39, 0.29) is 12.6 Å². The second-order valence-corrected chi connectivity index (χ2v) is 4.96. The summed E-state index contributed by atoms with van der Waals surface area (Å²) in [6, 6.07) is 12.0. The molecule has 19 heavy (non-hydrogen) atoms. The van der Waals surface area contributed by atoms with E-state index in [1.54, 1.807) is 0 Å². The molecule has 1 heterocycles. The maximum absolute atomic E-state index is 11.9. The van der Waals surface area contributed by atoms with Crippen LogP contribution in [0.1, 0.15) is 19.2 Å². The number of ether oxygens (including phenoxy) is 1. The quantitative estimate of drug-likeness (QED) is 0.774. The Hall–Kier alpha value is -2.03. The fraction of sp³-hybridized carbons (Fsp3) is 0.312. The fourth-order valence-electron chi connectivity index (χ4n) is 2.63. The normalized spacial score (nSPS) is 23.3. The molecule has 2 aromatic rings. The topological polar surface area (TPSA) is 29.5 Å². The molecule has 2 aromatic carbocycles. The van der Waals surface area contributed by atoms with Crippen molar-refractivity contribution < 1.29 is 10.9 Å². The van der Waals surface area contributed by atoms with Crippen molar-refractivity contribution in [2.75, 3.05) is 25.6 Å². The third-order valence-electron chi connectivity index (χ3n) is 3.56. The molecule has 3 rings (SSSR count). The second kappa shape index (κ2) is 4.57. The summed E-state index contributed by atoms with van der Waals surface area (Å²) in [7, 11) is 4.00. The summed E-state index contributed by atoms with van der Waals surface area (Å²) in [5.74, 6) is -0.760. The van der Waals surface area contributed by atoms with Crippen LogP contribution in [0, 0.1) is 0 Å². The average molecular weight is 256 g/mol. The van der Waals surface area contributed by atoms with Gasteiger partial charge in [0.25, 0.3) is 0 Å². The van der Waals surface area contributed by atoms with Crippen LogP contribution >= 0.6 is 0 Å². The van der Waals surface area contributed by atoms with Gasteiger partial charge in [-0.25, -0.2) is 0 Å². The summed E-state index contributed by atoms with van der Waals surface area (Å²) in [5.41, 5.74) is 2.01. The summed E-state index contributed by atoms with van der Waals surface area (Å²) >= 11 is 0. The van der Waals surface area contributed by atoms with Gasteiger partial charge in [0.1, 0.15) is 0 Å². The van der Waals surface area contributed by atoms with E-state index in [1.165, 1.54) is 0 Å². The molecular formula is C16H17NO2. The van der Waals surface area contributed by atoms with Crippen LogP contribution in [0.4, 0.5) is 5.69 Å². The number of anilines is 1. The summed E-state index contributed by atoms with van der Waals surface area (Å²) in [6.45, 7) is 0.188. The Morgan fingerprint density at radius 2 is 1.95 bits per heavy atom. The van der Waals surface area contributed by atoms with Gasteiger partial charge in [-0.1, -0.05) is 30.3 Å². The number of rotatable bonds is 2. The number of fused-ring (bicyclic) bond motifs is 1. The van der Waals surface area contributed by atoms with E-state index >= 15 is 0 Å². The van der Waals surface area contributed by atoms with Crippen LogP contribution < -0.4 is 4.90 Å². The molecule has 1 aliphatic rings. The highest BCUT2D eigenvalue weighted by Crippen LogP contribution is 2.35. The molecule has 2 atom stereocenters. The SMILES string of the molecule is [2H]C1COC(=O)C1c1ccc(N(C)C)c2ccccc12. The van der Waals surface area contributed by atoms with Crippen molar-refractivity contribution in [2.24, 2.45) is 0 Å². The van der Waals surface area contributed by atoms with Gasteiger partial charge in [0.05, 0.1) is 12.5 Å². The number of carbonyl (C=O) groups is 1. The minimum absolute atomic E-state index is 0.188. The lowest BCUT2D eigenvalue weighted by atomic mass is 9.91. The molecular weight excluding hydrogens is 238 g/mol. The van der Waals surface area contributed by atoms with Gasteiger partial charge in [-0.05, 0) is 23.4 Å². The van der Waals surface area contributed by atoms with E-state index in [2.05, 4.69) is 4.90 Å². The molecule has 3 heteroatoms. The van der Waals surface area contributed by atoms with Crippen LogP contribution in [-0.4, -0.2) is 26.7 Å². The van der Waals surface area contributed by atoms with Crippen molar-refractivity contribution in [3.05, 3.63) is 42.0 Å². The summed E-state index contributed by atoms with van der Waals surface area (Å²) in [5, 5.41) is 2.13. The van der Waals surface area contributed by atoms with Crippen LogP contribution in [0.2, 0.25) is 0 Å². The third-order valence-corrected chi connectivity index (χ3v) is 3.56. The third kappa shape index (κ3) is 1.95. The maximum Gasteiger partial charge on any atom is 0.313 e. The Labute approximate surface area is 114 Å². The van der Waals surface area contributed by atoms with Crippen molar-refractivity contribution in [1.82, 2.24) is 0 Å². The number of cyclic esters (lactones) is 1. The minimum atomic E-state index is -0.517. The Morgan fingerprint density at radius 1 is 1.21 bits per heavy atom. The highest BCUT2D eigenvalue weighted by atomic mass is 16.5. The molecule has 1 aliphatic heterocycles. The zero-order chi connectivity index (χ0) is 14.3. The zero-order valence-corrected chi connectivity index (χ0v) is 11.1. The van der Waals surface area contributed by atoms with Gasteiger partial charge in [-0.15, -0.1) is 0 Å². The lowest BCUT2D eigenvalue weighted by Gasteiger charge is -2.18. The summed E-state index contributed by atoms with van der Waals surface area (Å²) in [6.07, 6.45) is -0.517. The van der Waals surface area contributed by atoms with Crippen LogP contribution in [0.25, 0.3) is 10.8 Å². The smallest absolute Gasteiger partial charge is 0.313 e. The average Bonchev–Trinajstić information content (AvgIpc) is 2.77. The van der Waals surface area contributed by atoms with Crippen molar-refractivity contribution in [2.45, 2.75) is 12.3 Å². The monoisotopic (exact) mass is 256 g/mol. The second-order valence-electron chi connectivity index (χ2n) is 4.96. The zero-order valence-electron chi connectivity index (χ0n) is 12.1. The van der Waals surface area contributed by atoms with E-state index in [4.69, 9.17) is 6.11 Å². The van der Waals surface area contributed by atoms with E-state index in [9.17, 15) is 4.79 Å². The molecule has 0 amide bonds. The molecule has 1 fully saturated rings. The first-order valence-electron chi connectivity index (χ1n) is 6.95. The Bertz CT molecular complexity index is 669. The highest BCUT2D eigenvalue weighted by molar-refractivity contribution is 5.99. The first-order chi connectivity index (χ1) is 9.59. The van der Waals surface area contributed by atoms with Crippen molar-refractivity contribution in [3.8, 4) is 0 Å². The van der Waals surface area contributed by atoms with Crippen LogP contribution in [-0.2, 0) is 9.53 Å². The van der Waals surface area contributed by atoms with Crippen LogP contribution in [0.15, 0.2) is 36.4 Å². The summed E-state index contributed by atoms with van der Waals surface area (Å²) in [4.78, 5) is 13.9. The maximum atomic E-state index is 11.9. The standard InChI is InChI=1S/C16H17NO2/c1-17(2)15-8-7-12(14-9-10-19-16(14)18)11-5-3-4-6-13(11)15/h3-8,14H,9-10H2,1-2H3/i9D. The minimum Gasteiger partial charge on any atom is -0.465 e. The number of hydrogen-bond donors (Lipinski definition) is 0. The van der Waals surface area contributed by atoms with Gasteiger partial charge in [-0.3, -0.25) is 4.79 Å². The number of carbonyl (C=O) groups excluding carboxylic acids is 1. The number of nitrogens with zero attached hydrogens (tertiary/aromatic N) is 1. The summed E-state index contributed by atoms with van der Waals surface area (Å²) < 4.78 is 13.0. The molecule has 0 aliphatic carbocycles. The predicted molar refractivity (Wildman–Crippen MR) is 76.6 cm³/mol. The molecule has 0 spiro atoms. The lowest BCUT2D eigenvalue weighted by molar-refractivity contribution is -0.139. The van der Waals surface area contributed by atoms with Gasteiger partial charge in [0, 0.05) is 26.5 Å². The van der Waals surface area contributed by atoms with Crippen molar-refractivity contribution in [3.63, 3.8) is 0 Å². The van der Waals surface area contributed by atoms with E-state index in [0.29, 0.717) is 0 Å². The van der Waals surface area contributed by atoms with Crippen LogP contribution in [0.3, 0.4) is 0 Å². The number of benzene rings is 2. The Morgan fingerprint density at radius 3 is 2.58 bits per heavy atom. The molecule has 0 N–H and O–H groups in total. The molecule has 0 saturated carbocycles. The number of esters is 1. The number of hydrogen-bond acceptors (Lipinski definition) is 3. The molecule has 0 aromatic heterocycles. The molecule has 2 unspecified atom stereocenters. The van der Waals surface area contributed by atoms with Crippen molar-refractivity contribution in [1.29, 1.82) is 0 Å². The van der Waals surface area contributed by atoms with Crippen LogP contribution in [0.5, 0.6) is 0 Å². The molecule has 0 bridgehead atoms. The van der Waals surface area contributed by atoms with E-state index in [0.717, 1.165) is 22.0 Å². The lowest BCUT2D eigenvalue weighted by Crippen LogP contribution is -2.11. The van der Waals surface area contributed by atoms with Gasteiger partial charge < -0.3 is 9.64 Å². The molecule has 3 nitrogen and oxygen atoms in total. The van der Waals surface area contributed by atoms with Gasteiger partial charge in [0.15, 0.2) is 0 Å². The highest BCUT2D eigenvalue weighted by Gasteiger charge is 2.29.